The van der Waals surface area contributed by atoms with Gasteiger partial charge >= 0.3 is 0 Å². The van der Waals surface area contributed by atoms with Crippen molar-refractivity contribution in [3.63, 3.8) is 0 Å². The molecule has 0 spiro atoms. The molecule has 0 aliphatic rings. The van der Waals surface area contributed by atoms with E-state index in [1.54, 1.807) is 0 Å². The topological polar surface area (TPSA) is 114 Å². The van der Waals surface area contributed by atoms with Gasteiger partial charge in [-0.15, -0.1) is 0 Å². The summed E-state index contributed by atoms with van der Waals surface area (Å²) in [5.41, 5.74) is 0. The van der Waals surface area contributed by atoms with E-state index < -0.39 is 16.9 Å². The summed E-state index contributed by atoms with van der Waals surface area (Å²) in [6.07, 6.45) is -0.774. The van der Waals surface area contributed by atoms with E-state index in [-0.39, 0.29) is 6.61 Å². The van der Waals surface area contributed by atoms with Crippen molar-refractivity contribution in [3.8, 4) is 0 Å². The highest BCUT2D eigenvalue weighted by molar-refractivity contribution is 4.38. The van der Waals surface area contributed by atoms with E-state index >= 15 is 0 Å². The van der Waals surface area contributed by atoms with E-state index in [0.29, 0.717) is 0 Å². The van der Waals surface area contributed by atoms with Crippen LogP contribution in [-0.4, -0.2) is 23.1 Å². The highest BCUT2D eigenvalue weighted by Gasteiger charge is 2.08. The molecule has 0 saturated carbocycles. The molecule has 0 amide bonds. The van der Waals surface area contributed by atoms with Gasteiger partial charge in [0.1, 0.15) is 12.7 Å². The third-order valence-electron chi connectivity index (χ3n) is 0.744. The second-order valence-electron chi connectivity index (χ2n) is 1.77. The summed E-state index contributed by atoms with van der Waals surface area (Å²) < 4.78 is 0. The van der Waals surface area contributed by atoms with Crippen LogP contribution < -0.4 is 10.8 Å². The van der Waals surface area contributed by atoms with Crippen LogP contribution in [0.25, 0.3) is 0 Å². The summed E-state index contributed by atoms with van der Waals surface area (Å²) in [4.78, 5) is 8.16. The Kier molecular flexibility index (Phi) is 5.19. The molecule has 0 aromatic rings. The van der Waals surface area contributed by atoms with Gasteiger partial charge in [0.15, 0.2) is 0 Å². The van der Waals surface area contributed by atoms with E-state index in [1.165, 1.54) is 6.92 Å². The fourth-order valence-corrected chi connectivity index (χ4v) is 0.395. The minimum Gasteiger partial charge on any atom is -0.566 e. The molecule has 0 heterocycles. The summed E-state index contributed by atoms with van der Waals surface area (Å²) in [6, 6.07) is 0. The zero-order valence-corrected chi connectivity index (χ0v) is 5.81. The normalized spacial score (nSPS) is 19.4. The number of rotatable bonds is 5. The standard InChI is InChI=1S/C3H10N2O6/c1-3(11-5(8)9)2-10-4(6)7/h3-6,8H,2H2,1H3/t3-/m1/s1. The van der Waals surface area contributed by atoms with Gasteiger partial charge in [-0.3, -0.25) is 0 Å². The molecule has 0 aliphatic heterocycles. The zero-order chi connectivity index (χ0) is 8.85. The summed E-state index contributed by atoms with van der Waals surface area (Å²) in [7, 11) is 0. The molecule has 2 unspecified atom stereocenters. The predicted molar refractivity (Wildman–Crippen MR) is 28.7 cm³/mol. The van der Waals surface area contributed by atoms with Gasteiger partial charge in [-0.05, 0) is 6.92 Å². The molecule has 0 radical (unpaired) electrons. The highest BCUT2D eigenvalue weighted by atomic mass is 17.1. The fraction of sp³-hybridized carbons (Fsp3) is 1.00. The van der Waals surface area contributed by atoms with E-state index in [1.807, 2.05) is 0 Å². The minimum absolute atomic E-state index is 0.290. The lowest BCUT2D eigenvalue weighted by Gasteiger charge is -2.16. The van der Waals surface area contributed by atoms with Crippen molar-refractivity contribution < 1.29 is 30.9 Å². The summed E-state index contributed by atoms with van der Waals surface area (Å²) in [6.45, 7) is 1.10. The van der Waals surface area contributed by atoms with Crippen LogP contribution in [0.2, 0.25) is 0 Å². The predicted octanol–water partition coefficient (Wildman–Crippen LogP) is -3.22. The molecule has 4 N–H and O–H groups in total. The molecule has 0 aromatic carbocycles. The molecule has 0 saturated heterocycles. The second-order valence-corrected chi connectivity index (χ2v) is 1.77. The maximum absolute atomic E-state index is 9.83. The first-order valence-corrected chi connectivity index (χ1v) is 2.77. The Morgan fingerprint density at radius 1 is 1.36 bits per heavy atom. The van der Waals surface area contributed by atoms with Gasteiger partial charge in [0.2, 0.25) is 0 Å². The van der Waals surface area contributed by atoms with Crippen LogP contribution in [-0.2, 0) is 9.68 Å². The molecular weight excluding hydrogens is 160 g/mol. The number of hydrogen-bond donors (Lipinski definition) is 4. The molecule has 0 aromatic heterocycles. The van der Waals surface area contributed by atoms with E-state index in [2.05, 4.69) is 9.68 Å². The van der Waals surface area contributed by atoms with Crippen LogP contribution in [0, 0.1) is 10.4 Å². The highest BCUT2D eigenvalue weighted by Crippen LogP contribution is 1.81. The molecule has 0 fully saturated rings. The quantitative estimate of drug-likeness (QED) is 0.323. The Bertz CT molecular complexity index is 97.8. The van der Waals surface area contributed by atoms with Gasteiger partial charge in [0, 0.05) is 0 Å². The molecule has 8 nitrogen and oxygen atoms in total. The van der Waals surface area contributed by atoms with E-state index in [4.69, 9.17) is 10.4 Å². The number of nitrogens with one attached hydrogen (secondary N) is 2. The first-order chi connectivity index (χ1) is 5.02. The van der Waals surface area contributed by atoms with E-state index in [0.717, 1.165) is 0 Å². The molecule has 3 atom stereocenters. The van der Waals surface area contributed by atoms with Gasteiger partial charge in [0.25, 0.3) is 0 Å². The average molecular weight is 170 g/mol. The van der Waals surface area contributed by atoms with Crippen molar-refractivity contribution >= 4 is 0 Å². The molecule has 0 rings (SSSR count). The molecule has 0 bridgehead atoms. The van der Waals surface area contributed by atoms with Crippen molar-refractivity contribution in [1.82, 2.24) is 0 Å². The number of hydrogen-bond acceptors (Lipinski definition) is 6. The van der Waals surface area contributed by atoms with Crippen LogP contribution in [0.4, 0.5) is 0 Å². The van der Waals surface area contributed by atoms with Crippen molar-refractivity contribution in [2.45, 2.75) is 13.0 Å². The first-order valence-electron chi connectivity index (χ1n) is 2.77. The van der Waals surface area contributed by atoms with Gasteiger partial charge in [-0.25, -0.2) is 0 Å². The Labute approximate surface area is 62.1 Å². The Balaban J connectivity index is 3.29. The summed E-state index contributed by atoms with van der Waals surface area (Å²) in [5.74, 6) is 0. The minimum atomic E-state index is -1.45. The average Bonchev–Trinajstić information content (AvgIpc) is 1.82. The molecule has 11 heavy (non-hydrogen) atoms. The van der Waals surface area contributed by atoms with Crippen molar-refractivity contribution in [3.05, 3.63) is 10.4 Å². The summed E-state index contributed by atoms with van der Waals surface area (Å²) >= 11 is 0. The monoisotopic (exact) mass is 170 g/mol. The van der Waals surface area contributed by atoms with Crippen LogP contribution in [0.3, 0.4) is 0 Å². The second kappa shape index (κ2) is 5.35. The lowest BCUT2D eigenvalue weighted by Crippen LogP contribution is -3.05. The van der Waals surface area contributed by atoms with Gasteiger partial charge in [0.05, 0.1) is 0 Å². The van der Waals surface area contributed by atoms with Gasteiger partial charge in [-0.2, -0.15) is 20.1 Å². The van der Waals surface area contributed by atoms with Crippen LogP contribution >= 0.6 is 0 Å². The smallest absolute Gasteiger partial charge is 0.148 e. The molecule has 68 valence electrons. The Morgan fingerprint density at radius 2 is 1.91 bits per heavy atom. The van der Waals surface area contributed by atoms with E-state index in [9.17, 15) is 10.4 Å². The largest absolute Gasteiger partial charge is 0.566 e. The maximum Gasteiger partial charge on any atom is 0.148 e. The first kappa shape index (κ1) is 10.7. The fourth-order valence-electron chi connectivity index (χ4n) is 0.395. The Hall–Kier alpha value is -0.320. The summed E-state index contributed by atoms with van der Waals surface area (Å²) in [5, 5.41) is 32.7. The van der Waals surface area contributed by atoms with Gasteiger partial charge in [-0.1, -0.05) is 10.8 Å². The third kappa shape index (κ3) is 7.58. The lowest BCUT2D eigenvalue weighted by atomic mass is 10.5. The molecular formula is C3H10N2O6. The Morgan fingerprint density at radius 3 is 2.27 bits per heavy atom. The van der Waals surface area contributed by atoms with Gasteiger partial charge < -0.3 is 10.4 Å². The molecule has 0 aliphatic carbocycles. The van der Waals surface area contributed by atoms with Crippen molar-refractivity contribution in [2.24, 2.45) is 0 Å². The SMILES string of the molecule is C[C@H](CO[NH+]([O-])O)O[NH+]([O-])O. The lowest BCUT2D eigenvalue weighted by molar-refractivity contribution is -1.22. The maximum atomic E-state index is 9.83. The zero-order valence-electron chi connectivity index (χ0n) is 5.81. The number of quaternary nitrogens is 2. The van der Waals surface area contributed by atoms with Crippen molar-refractivity contribution in [1.29, 1.82) is 0 Å². The molecule has 8 heteroatoms. The van der Waals surface area contributed by atoms with Crippen LogP contribution in [0.15, 0.2) is 0 Å². The van der Waals surface area contributed by atoms with Crippen LogP contribution in [0.1, 0.15) is 6.92 Å². The van der Waals surface area contributed by atoms with Crippen LogP contribution in [0.5, 0.6) is 0 Å². The van der Waals surface area contributed by atoms with Crippen molar-refractivity contribution in [2.75, 3.05) is 6.61 Å². The third-order valence-corrected chi connectivity index (χ3v) is 0.744.